The molecule has 0 bridgehead atoms. The third-order valence-corrected chi connectivity index (χ3v) is 2.59. The summed E-state index contributed by atoms with van der Waals surface area (Å²) in [6.07, 6.45) is -0.337. The molecule has 5 nitrogen and oxygen atoms in total. The van der Waals surface area contributed by atoms with Crippen LogP contribution in [0.5, 0.6) is 11.5 Å². The minimum atomic E-state index is -3.05. The number of carboxylic acids is 1. The molecule has 1 rings (SSSR count). The van der Waals surface area contributed by atoms with Crippen molar-refractivity contribution < 1.29 is 33.0 Å². The number of hydrogen-bond acceptors (Lipinski definition) is 4. The van der Waals surface area contributed by atoms with Gasteiger partial charge in [0.1, 0.15) is 0 Å². The van der Waals surface area contributed by atoms with E-state index in [-0.39, 0.29) is 23.5 Å². The van der Waals surface area contributed by atoms with Crippen molar-refractivity contribution in [3.8, 4) is 11.5 Å². The predicted octanol–water partition coefficient (Wildman–Crippen LogP) is 2.59. The lowest BCUT2D eigenvalue weighted by Crippen LogP contribution is -2.15. The molecule has 0 saturated carbocycles. The van der Waals surface area contributed by atoms with Gasteiger partial charge in [-0.15, -0.1) is 0 Å². The molecule has 1 N–H and O–H groups in total. The summed E-state index contributed by atoms with van der Waals surface area (Å²) in [5.74, 6) is -2.54. The van der Waals surface area contributed by atoms with Crippen molar-refractivity contribution >= 4 is 11.8 Å². The quantitative estimate of drug-likeness (QED) is 0.781. The number of carboxylic acid groups (broad SMARTS) is 1. The highest BCUT2D eigenvalue weighted by molar-refractivity contribution is 5.99. The first kappa shape index (κ1) is 15.9. The fourth-order valence-electron chi connectivity index (χ4n) is 1.66. The third-order valence-electron chi connectivity index (χ3n) is 2.59. The molecule has 0 radical (unpaired) electrons. The number of ketones is 1. The van der Waals surface area contributed by atoms with E-state index in [1.807, 2.05) is 0 Å². The lowest BCUT2D eigenvalue weighted by atomic mass is 9.96. The van der Waals surface area contributed by atoms with Crippen LogP contribution in [0.4, 0.5) is 8.78 Å². The molecular weight excluding hydrogens is 274 g/mol. The number of ether oxygens (including phenoxy) is 2. The predicted molar refractivity (Wildman–Crippen MR) is 65.4 cm³/mol. The van der Waals surface area contributed by atoms with Crippen molar-refractivity contribution in [3.05, 3.63) is 23.8 Å². The van der Waals surface area contributed by atoms with Crippen molar-refractivity contribution in [1.82, 2.24) is 0 Å². The normalized spacial score (nSPS) is 12.1. The molecule has 0 aromatic heterocycles. The number of benzene rings is 1. The Morgan fingerprint density at radius 2 is 1.95 bits per heavy atom. The van der Waals surface area contributed by atoms with E-state index in [1.54, 1.807) is 0 Å². The molecule has 0 aliphatic carbocycles. The Kier molecular flexibility index (Phi) is 5.42. The molecule has 0 heterocycles. The van der Waals surface area contributed by atoms with Crippen LogP contribution in [0.15, 0.2) is 18.2 Å². The highest BCUT2D eigenvalue weighted by Gasteiger charge is 2.20. The Morgan fingerprint density at radius 1 is 1.30 bits per heavy atom. The van der Waals surface area contributed by atoms with E-state index >= 15 is 0 Å². The van der Waals surface area contributed by atoms with Crippen molar-refractivity contribution in [2.75, 3.05) is 7.11 Å². The molecular formula is C13H14F2O5. The first-order valence-electron chi connectivity index (χ1n) is 5.74. The highest BCUT2D eigenvalue weighted by atomic mass is 19.3. The van der Waals surface area contributed by atoms with E-state index in [2.05, 4.69) is 4.74 Å². The Hall–Kier alpha value is -2.18. The topological polar surface area (TPSA) is 72.8 Å². The lowest BCUT2D eigenvalue weighted by molar-refractivity contribution is -0.137. The van der Waals surface area contributed by atoms with Crippen LogP contribution in [0.2, 0.25) is 0 Å². The van der Waals surface area contributed by atoms with Crippen LogP contribution in [0.1, 0.15) is 23.7 Å². The van der Waals surface area contributed by atoms with Gasteiger partial charge in [0, 0.05) is 11.5 Å². The minimum Gasteiger partial charge on any atom is -0.493 e. The van der Waals surface area contributed by atoms with E-state index in [0.717, 1.165) is 6.07 Å². The second-order valence-electron chi connectivity index (χ2n) is 4.11. The van der Waals surface area contributed by atoms with Crippen LogP contribution >= 0.6 is 0 Å². The van der Waals surface area contributed by atoms with E-state index in [1.165, 1.54) is 26.2 Å². The number of aliphatic carboxylic acids is 1. The highest BCUT2D eigenvalue weighted by Crippen LogP contribution is 2.30. The Balaban J connectivity index is 3.01. The molecule has 0 saturated heterocycles. The summed E-state index contributed by atoms with van der Waals surface area (Å²) in [5.41, 5.74) is 0.0928. The molecule has 7 heteroatoms. The van der Waals surface area contributed by atoms with Gasteiger partial charge < -0.3 is 14.6 Å². The Labute approximate surface area is 114 Å². The SMILES string of the molecule is COc1ccc(C(=O)C(C)CC(=O)O)cc1OC(F)F. The zero-order chi connectivity index (χ0) is 15.3. The zero-order valence-electron chi connectivity index (χ0n) is 10.9. The summed E-state index contributed by atoms with van der Waals surface area (Å²) in [6.45, 7) is -1.60. The van der Waals surface area contributed by atoms with Crippen LogP contribution in [-0.2, 0) is 4.79 Å². The van der Waals surface area contributed by atoms with Crippen LogP contribution in [0.3, 0.4) is 0 Å². The standard InChI is InChI=1S/C13H14F2O5/c1-7(5-11(16)17)12(18)8-3-4-9(19-2)10(6-8)20-13(14)15/h3-4,6-7,13H,5H2,1-2H3,(H,16,17). The molecule has 0 aliphatic rings. The number of methoxy groups -OCH3 is 1. The lowest BCUT2D eigenvalue weighted by Gasteiger charge is -2.13. The Bertz CT molecular complexity index is 502. The summed E-state index contributed by atoms with van der Waals surface area (Å²) in [4.78, 5) is 22.5. The molecule has 0 spiro atoms. The third kappa shape index (κ3) is 4.18. The Morgan fingerprint density at radius 3 is 2.45 bits per heavy atom. The summed E-state index contributed by atoms with van der Waals surface area (Å²) in [5, 5.41) is 8.64. The van der Waals surface area contributed by atoms with Gasteiger partial charge in [0.25, 0.3) is 0 Å². The molecule has 0 aliphatic heterocycles. The van der Waals surface area contributed by atoms with Gasteiger partial charge in [0.05, 0.1) is 13.5 Å². The van der Waals surface area contributed by atoms with Crippen molar-refractivity contribution in [2.45, 2.75) is 20.0 Å². The number of carbonyl (C=O) groups excluding carboxylic acids is 1. The first-order chi connectivity index (χ1) is 9.35. The molecule has 1 atom stereocenters. The van der Waals surface area contributed by atoms with Crippen LogP contribution in [0.25, 0.3) is 0 Å². The molecule has 20 heavy (non-hydrogen) atoms. The maximum atomic E-state index is 12.3. The van der Waals surface area contributed by atoms with Gasteiger partial charge in [0.15, 0.2) is 17.3 Å². The second-order valence-corrected chi connectivity index (χ2v) is 4.11. The zero-order valence-corrected chi connectivity index (χ0v) is 10.9. The number of carbonyl (C=O) groups is 2. The van der Waals surface area contributed by atoms with Crippen molar-refractivity contribution in [3.63, 3.8) is 0 Å². The monoisotopic (exact) mass is 288 g/mol. The van der Waals surface area contributed by atoms with Gasteiger partial charge in [-0.2, -0.15) is 8.78 Å². The largest absolute Gasteiger partial charge is 0.493 e. The number of alkyl halides is 2. The van der Waals surface area contributed by atoms with Crippen LogP contribution < -0.4 is 9.47 Å². The van der Waals surface area contributed by atoms with Gasteiger partial charge in [-0.3, -0.25) is 9.59 Å². The van der Waals surface area contributed by atoms with Crippen molar-refractivity contribution in [1.29, 1.82) is 0 Å². The number of halogens is 2. The maximum Gasteiger partial charge on any atom is 0.387 e. The van der Waals surface area contributed by atoms with Crippen LogP contribution in [0, 0.1) is 5.92 Å². The average molecular weight is 288 g/mol. The number of hydrogen-bond donors (Lipinski definition) is 1. The van der Waals surface area contributed by atoms with Gasteiger partial charge >= 0.3 is 12.6 Å². The van der Waals surface area contributed by atoms with E-state index < -0.39 is 24.3 Å². The van der Waals surface area contributed by atoms with E-state index in [0.29, 0.717) is 0 Å². The van der Waals surface area contributed by atoms with E-state index in [4.69, 9.17) is 9.84 Å². The summed E-state index contributed by atoms with van der Waals surface area (Å²) in [6, 6.07) is 3.81. The smallest absolute Gasteiger partial charge is 0.387 e. The summed E-state index contributed by atoms with van der Waals surface area (Å²) >= 11 is 0. The van der Waals surface area contributed by atoms with Crippen molar-refractivity contribution in [2.24, 2.45) is 5.92 Å². The molecule has 110 valence electrons. The number of rotatable bonds is 7. The van der Waals surface area contributed by atoms with Crippen LogP contribution in [-0.4, -0.2) is 30.6 Å². The molecule has 0 amide bonds. The fourth-order valence-corrected chi connectivity index (χ4v) is 1.66. The fraction of sp³-hybridized carbons (Fsp3) is 0.385. The first-order valence-corrected chi connectivity index (χ1v) is 5.74. The molecule has 1 unspecified atom stereocenters. The summed E-state index contributed by atoms with van der Waals surface area (Å²) in [7, 11) is 1.28. The van der Waals surface area contributed by atoms with Gasteiger partial charge in [-0.1, -0.05) is 6.92 Å². The average Bonchev–Trinajstić information content (AvgIpc) is 2.36. The van der Waals surface area contributed by atoms with Gasteiger partial charge in [-0.05, 0) is 18.2 Å². The molecule has 0 fully saturated rings. The minimum absolute atomic E-state index is 0.0627. The maximum absolute atomic E-state index is 12.3. The van der Waals surface area contributed by atoms with Gasteiger partial charge in [0.2, 0.25) is 0 Å². The number of Topliss-reactive ketones (excluding diaryl/α,β-unsaturated/α-hetero) is 1. The van der Waals surface area contributed by atoms with Gasteiger partial charge in [-0.25, -0.2) is 0 Å². The second kappa shape index (κ2) is 6.83. The van der Waals surface area contributed by atoms with E-state index in [9.17, 15) is 18.4 Å². The molecule has 1 aromatic rings. The molecule has 1 aromatic carbocycles. The summed E-state index contributed by atoms with van der Waals surface area (Å²) < 4.78 is 33.6.